The number of hydrogen-bond donors (Lipinski definition) is 0. The first-order chi connectivity index (χ1) is 13.1. The molecule has 0 heterocycles. The summed E-state index contributed by atoms with van der Waals surface area (Å²) in [6.45, 7) is 0. The van der Waals surface area contributed by atoms with Crippen molar-refractivity contribution in [1.29, 1.82) is 5.26 Å². The van der Waals surface area contributed by atoms with Crippen LogP contribution in [0.5, 0.6) is 0 Å². The van der Waals surface area contributed by atoms with Gasteiger partial charge in [0.25, 0.3) is 0 Å². The quantitative estimate of drug-likeness (QED) is 0.603. The van der Waals surface area contributed by atoms with Gasteiger partial charge >= 0.3 is 7.40 Å². The van der Waals surface area contributed by atoms with E-state index in [0.717, 1.165) is 21.1 Å². The summed E-state index contributed by atoms with van der Waals surface area (Å²) in [6.07, 6.45) is 3.80. The maximum absolute atomic E-state index is 14.1. The summed E-state index contributed by atoms with van der Waals surface area (Å²) in [5.74, 6) is 0. The van der Waals surface area contributed by atoms with Crippen LogP contribution in [0.4, 0.5) is 20.0 Å². The molecular weight excluding hydrogens is 343 g/mol. The zero-order chi connectivity index (χ0) is 19.0. The molecule has 0 aromatic heterocycles. The third-order valence-corrected chi connectivity index (χ3v) is 4.70. The van der Waals surface area contributed by atoms with Crippen LogP contribution in [0.3, 0.4) is 0 Å². The van der Waals surface area contributed by atoms with Gasteiger partial charge in [-0.2, -0.15) is 5.26 Å². The van der Waals surface area contributed by atoms with E-state index < -0.39 is 7.40 Å². The second kappa shape index (κ2) is 6.69. The van der Waals surface area contributed by atoms with Crippen LogP contribution in [-0.2, 0) is 0 Å². The van der Waals surface area contributed by atoms with E-state index in [4.69, 9.17) is 5.26 Å². The van der Waals surface area contributed by atoms with Gasteiger partial charge in [-0.3, -0.25) is 13.6 Å². The van der Waals surface area contributed by atoms with Gasteiger partial charge in [-0.05, 0) is 47.4 Å². The minimum atomic E-state index is -2.75. The van der Waals surface area contributed by atoms with E-state index in [1.54, 1.807) is 13.1 Å². The molecule has 4 rings (SSSR count). The Labute approximate surface area is 156 Å². The molecule has 0 bridgehead atoms. The third-order valence-electron chi connectivity index (χ3n) is 4.70. The van der Waals surface area contributed by atoms with Crippen molar-refractivity contribution in [2.45, 2.75) is 0 Å². The lowest BCUT2D eigenvalue weighted by Gasteiger charge is -2.27. The number of aliphatic imine (C=N–C) groups is 1. The van der Waals surface area contributed by atoms with Crippen molar-refractivity contribution in [2.24, 2.45) is 4.99 Å². The molecule has 3 aromatic carbocycles. The lowest BCUT2D eigenvalue weighted by molar-refractivity contribution is 0.656. The molecule has 0 spiro atoms. The summed E-state index contributed by atoms with van der Waals surface area (Å²) >= 11 is 0. The number of rotatable bonds is 3. The molecule has 0 saturated carbocycles. The highest BCUT2D eigenvalue weighted by molar-refractivity contribution is 6.51. The fourth-order valence-corrected chi connectivity index (χ4v) is 3.49. The molecule has 0 atom stereocenters. The van der Waals surface area contributed by atoms with Crippen molar-refractivity contribution in [3.8, 4) is 6.07 Å². The molecule has 0 radical (unpaired) electrons. The molecule has 3 nitrogen and oxygen atoms in total. The van der Waals surface area contributed by atoms with E-state index >= 15 is 0 Å². The van der Waals surface area contributed by atoms with Gasteiger partial charge in [0.1, 0.15) is 0 Å². The maximum atomic E-state index is 14.1. The molecule has 27 heavy (non-hydrogen) atoms. The molecule has 3 aromatic rings. The van der Waals surface area contributed by atoms with Crippen molar-refractivity contribution >= 4 is 41.3 Å². The minimum Gasteiger partial charge on any atom is -0.325 e. The minimum absolute atomic E-state index is 0.321. The Balaban J connectivity index is 2.00. The molecule has 1 aliphatic carbocycles. The first kappa shape index (κ1) is 17.0. The summed E-state index contributed by atoms with van der Waals surface area (Å²) in [4.78, 5) is 5.29. The number of halogens is 2. The van der Waals surface area contributed by atoms with Crippen molar-refractivity contribution in [1.82, 2.24) is 0 Å². The normalized spacial score (nSPS) is 13.6. The van der Waals surface area contributed by atoms with Crippen LogP contribution in [0.1, 0.15) is 16.7 Å². The lowest BCUT2D eigenvalue weighted by atomic mass is 9.88. The summed E-state index contributed by atoms with van der Waals surface area (Å²) in [5, 5.41) is 10.9. The molecule has 0 N–H and O–H groups in total. The monoisotopic (exact) mass is 357 g/mol. The second-order valence-electron chi connectivity index (χ2n) is 6.15. The smallest absolute Gasteiger partial charge is 0.325 e. The zero-order valence-electron chi connectivity index (χ0n) is 14.5. The van der Waals surface area contributed by atoms with Crippen LogP contribution >= 0.6 is 0 Å². The zero-order valence-corrected chi connectivity index (χ0v) is 14.5. The lowest BCUT2D eigenvalue weighted by Crippen LogP contribution is -2.29. The summed E-state index contributed by atoms with van der Waals surface area (Å²) < 4.78 is 28.2. The molecule has 0 unspecified atom stereocenters. The Morgan fingerprint density at radius 2 is 1.78 bits per heavy atom. The number of anilines is 2. The van der Waals surface area contributed by atoms with Crippen molar-refractivity contribution in [3.05, 3.63) is 77.4 Å². The predicted molar refractivity (Wildman–Crippen MR) is 107 cm³/mol. The average Bonchev–Trinajstić information content (AvgIpc) is 2.70. The van der Waals surface area contributed by atoms with Crippen LogP contribution < -0.4 is 4.81 Å². The van der Waals surface area contributed by atoms with Gasteiger partial charge in [-0.1, -0.05) is 30.3 Å². The van der Waals surface area contributed by atoms with Gasteiger partial charge in [0, 0.05) is 29.4 Å². The summed E-state index contributed by atoms with van der Waals surface area (Å²) in [6, 6.07) is 17.6. The fourth-order valence-electron chi connectivity index (χ4n) is 3.49. The van der Waals surface area contributed by atoms with Crippen LogP contribution in [-0.4, -0.2) is 20.2 Å². The maximum Gasteiger partial charge on any atom is 0.678 e. The molecule has 0 amide bonds. The summed E-state index contributed by atoms with van der Waals surface area (Å²) in [7, 11) is -1.09. The molecule has 0 aliphatic heterocycles. The Kier molecular flexibility index (Phi) is 4.21. The number of benzene rings is 3. The number of allylic oxidation sites excluding steroid dienone is 1. The van der Waals surface area contributed by atoms with Gasteiger partial charge in [-0.15, -0.1) is 0 Å². The second-order valence-corrected chi connectivity index (χ2v) is 6.15. The van der Waals surface area contributed by atoms with Crippen LogP contribution in [0.25, 0.3) is 16.8 Å². The highest BCUT2D eigenvalue weighted by atomic mass is 19.2. The van der Waals surface area contributed by atoms with E-state index in [2.05, 4.69) is 4.99 Å². The van der Waals surface area contributed by atoms with Gasteiger partial charge in [0.2, 0.25) is 0 Å². The average molecular weight is 357 g/mol. The first-order valence-electron chi connectivity index (χ1n) is 8.42. The molecular formula is C21H14BF2N3. The Morgan fingerprint density at radius 3 is 2.44 bits per heavy atom. The molecule has 1 aliphatic rings. The van der Waals surface area contributed by atoms with E-state index in [1.165, 1.54) is 24.3 Å². The Hall–Kier alpha value is -3.46. The standard InChI is InChI=1S/C21H14BF2N3/c1-26-18-11-7-15-3-2-4-16-8-12-19(21(18)20(15)16)27(22(23)24)17-9-5-14(13-25)6-10-17/h2-12H,1H3. The predicted octanol–water partition coefficient (Wildman–Crippen LogP) is 5.22. The molecule has 0 fully saturated rings. The topological polar surface area (TPSA) is 39.4 Å². The summed E-state index contributed by atoms with van der Waals surface area (Å²) in [5.41, 5.74) is 3.47. The van der Waals surface area contributed by atoms with E-state index in [9.17, 15) is 8.63 Å². The highest BCUT2D eigenvalue weighted by Gasteiger charge is 2.31. The van der Waals surface area contributed by atoms with Crippen LogP contribution in [0.2, 0.25) is 0 Å². The van der Waals surface area contributed by atoms with Crippen molar-refractivity contribution in [2.75, 3.05) is 11.9 Å². The van der Waals surface area contributed by atoms with Crippen molar-refractivity contribution in [3.63, 3.8) is 0 Å². The molecule has 130 valence electrons. The highest BCUT2D eigenvalue weighted by Crippen LogP contribution is 2.39. The van der Waals surface area contributed by atoms with E-state index in [-0.39, 0.29) is 0 Å². The Bertz CT molecular complexity index is 1130. The fraction of sp³-hybridized carbons (Fsp3) is 0.0476. The van der Waals surface area contributed by atoms with Crippen molar-refractivity contribution < 1.29 is 8.63 Å². The van der Waals surface area contributed by atoms with Gasteiger partial charge in [-0.25, -0.2) is 0 Å². The number of nitrogens with zero attached hydrogens (tertiary/aromatic N) is 3. The Morgan fingerprint density at radius 1 is 1.00 bits per heavy atom. The van der Waals surface area contributed by atoms with Crippen LogP contribution in [0.15, 0.2) is 65.7 Å². The number of nitriles is 1. The van der Waals surface area contributed by atoms with E-state index in [1.807, 2.05) is 42.5 Å². The van der Waals surface area contributed by atoms with Crippen LogP contribution in [0, 0.1) is 11.3 Å². The largest absolute Gasteiger partial charge is 0.678 e. The first-order valence-corrected chi connectivity index (χ1v) is 8.42. The van der Waals surface area contributed by atoms with E-state index in [0.29, 0.717) is 28.2 Å². The van der Waals surface area contributed by atoms with Gasteiger partial charge in [0.15, 0.2) is 0 Å². The molecule has 0 saturated heterocycles. The SMILES string of the molecule is CN=C1C=Cc2cccc3ccc(N(B(F)F)c4ccc(C#N)cc4)c1c23. The van der Waals surface area contributed by atoms with Gasteiger partial charge in [0.05, 0.1) is 17.3 Å². The van der Waals surface area contributed by atoms with Gasteiger partial charge < -0.3 is 4.81 Å². The number of hydrogen-bond acceptors (Lipinski definition) is 3. The third kappa shape index (κ3) is 2.78. The molecule has 6 heteroatoms.